The van der Waals surface area contributed by atoms with Crippen molar-refractivity contribution in [2.24, 2.45) is 0 Å². The lowest BCUT2D eigenvalue weighted by atomic mass is 9.84. The molecule has 1 saturated carbocycles. The van der Waals surface area contributed by atoms with Gasteiger partial charge in [0.25, 0.3) is 5.91 Å². The predicted octanol–water partition coefficient (Wildman–Crippen LogP) is 3.14. The minimum atomic E-state index is -3.61. The molecule has 3 fully saturated rings. The molecule has 0 bridgehead atoms. The quantitative estimate of drug-likeness (QED) is 0.674. The largest absolute Gasteiger partial charge is 0.326 e. The number of piperazine rings is 1. The molecule has 3 amide bonds. The Hall–Kier alpha value is -2.49. The summed E-state index contributed by atoms with van der Waals surface area (Å²) in [5.41, 5.74) is -0.751. The highest BCUT2D eigenvalue weighted by molar-refractivity contribution is 7.89. The van der Waals surface area contributed by atoms with Crippen molar-refractivity contribution < 1.29 is 18.0 Å². The number of fused-ring (bicyclic) bond motifs is 1. The van der Waals surface area contributed by atoms with Crippen molar-refractivity contribution in [3.8, 4) is 0 Å². The number of carbonyl (C=O) groups excluding carboxylic acids is 2. The monoisotopic (exact) mass is 484 g/mol. The second-order valence-corrected chi connectivity index (χ2v) is 11.6. The Labute approximate surface area is 200 Å². The Kier molecular flexibility index (Phi) is 6.35. The molecular weight excluding hydrogens is 452 g/mol. The molecule has 0 unspecified atom stereocenters. The highest BCUT2D eigenvalue weighted by Crippen LogP contribution is 2.32. The lowest BCUT2D eigenvalue weighted by Crippen LogP contribution is -2.53. The second kappa shape index (κ2) is 9.28. The van der Waals surface area contributed by atoms with Crippen LogP contribution < -0.4 is 5.32 Å². The van der Waals surface area contributed by atoms with E-state index in [1.807, 2.05) is 35.2 Å². The van der Waals surface area contributed by atoms with Gasteiger partial charge in [-0.3, -0.25) is 9.69 Å². The number of imide groups is 1. The number of nitrogens with one attached hydrogen (secondary N) is 1. The van der Waals surface area contributed by atoms with Crippen LogP contribution in [-0.2, 0) is 14.8 Å². The lowest BCUT2D eigenvalue weighted by Gasteiger charge is -2.35. The highest BCUT2D eigenvalue weighted by Gasteiger charge is 2.50. The number of carbonyl (C=O) groups is 2. The number of hydrogen-bond acceptors (Lipinski definition) is 5. The van der Waals surface area contributed by atoms with Gasteiger partial charge in [-0.15, -0.1) is 0 Å². The van der Waals surface area contributed by atoms with Crippen LogP contribution in [0, 0.1) is 0 Å². The van der Waals surface area contributed by atoms with Gasteiger partial charge in [0.1, 0.15) is 5.54 Å². The first-order valence-electron chi connectivity index (χ1n) is 12.2. The molecule has 2 saturated heterocycles. The van der Waals surface area contributed by atoms with Crippen LogP contribution in [0.3, 0.4) is 0 Å². The van der Waals surface area contributed by atoms with Gasteiger partial charge in [0.2, 0.25) is 10.0 Å². The molecule has 0 radical (unpaired) electrons. The van der Waals surface area contributed by atoms with Gasteiger partial charge >= 0.3 is 6.03 Å². The number of benzene rings is 2. The summed E-state index contributed by atoms with van der Waals surface area (Å²) in [6.07, 6.45) is 6.68. The van der Waals surface area contributed by atoms with Crippen molar-refractivity contribution in [2.45, 2.75) is 55.4 Å². The molecule has 1 spiro atoms. The van der Waals surface area contributed by atoms with Crippen molar-refractivity contribution in [3.05, 3.63) is 42.5 Å². The van der Waals surface area contributed by atoms with Gasteiger partial charge in [0.05, 0.1) is 11.6 Å². The summed E-state index contributed by atoms with van der Waals surface area (Å²) >= 11 is 0. The molecule has 3 aliphatic rings. The van der Waals surface area contributed by atoms with E-state index in [1.165, 1.54) is 15.6 Å². The molecule has 8 nitrogen and oxygen atoms in total. The smallest absolute Gasteiger partial charge is 0.323 e. The fourth-order valence-electron chi connectivity index (χ4n) is 5.44. The SMILES string of the molecule is O=C1NC2(CCCCCCC2)C(=O)N1CN1CCN(S(=O)(=O)c2ccc3ccccc3c2)CC1. The Morgan fingerprint density at radius 3 is 2.18 bits per heavy atom. The molecule has 9 heteroatoms. The standard InChI is InChI=1S/C25H32N4O4S/c30-23-25(12-6-2-1-3-7-13-25)26-24(31)29(23)19-27-14-16-28(17-15-27)34(32,33)22-11-10-20-8-4-5-9-21(20)18-22/h4-5,8-11,18H,1-3,6-7,12-17,19H2,(H,26,31). The summed E-state index contributed by atoms with van der Waals surface area (Å²) in [7, 11) is -3.61. The summed E-state index contributed by atoms with van der Waals surface area (Å²) in [5, 5.41) is 4.89. The number of nitrogens with zero attached hydrogens (tertiary/aromatic N) is 3. The average Bonchev–Trinajstić information content (AvgIpc) is 3.06. The topological polar surface area (TPSA) is 90.0 Å². The van der Waals surface area contributed by atoms with E-state index >= 15 is 0 Å². The number of hydrogen-bond donors (Lipinski definition) is 1. The van der Waals surface area contributed by atoms with Gasteiger partial charge in [-0.1, -0.05) is 62.4 Å². The maximum absolute atomic E-state index is 13.3. The fraction of sp³-hybridized carbons (Fsp3) is 0.520. The summed E-state index contributed by atoms with van der Waals surface area (Å²) < 4.78 is 28.0. The van der Waals surface area contributed by atoms with Crippen LogP contribution in [-0.4, -0.2) is 72.8 Å². The molecule has 1 N–H and O–H groups in total. The number of amides is 3. The van der Waals surface area contributed by atoms with Crippen molar-refractivity contribution >= 4 is 32.7 Å². The van der Waals surface area contributed by atoms with Gasteiger partial charge in [0, 0.05) is 26.2 Å². The van der Waals surface area contributed by atoms with Crippen molar-refractivity contribution in [1.82, 2.24) is 19.4 Å². The molecular formula is C25H32N4O4S. The van der Waals surface area contributed by atoms with Crippen molar-refractivity contribution in [1.29, 1.82) is 0 Å². The van der Waals surface area contributed by atoms with Crippen LogP contribution in [0.15, 0.2) is 47.4 Å². The van der Waals surface area contributed by atoms with E-state index in [9.17, 15) is 18.0 Å². The van der Waals surface area contributed by atoms with E-state index in [-0.39, 0.29) is 18.6 Å². The highest BCUT2D eigenvalue weighted by atomic mass is 32.2. The molecule has 1 aliphatic carbocycles. The van der Waals surface area contributed by atoms with Crippen LogP contribution in [0.4, 0.5) is 4.79 Å². The van der Waals surface area contributed by atoms with E-state index < -0.39 is 15.6 Å². The van der Waals surface area contributed by atoms with E-state index in [0.717, 1.165) is 36.5 Å². The zero-order chi connectivity index (χ0) is 23.8. The molecule has 2 aromatic carbocycles. The first-order chi connectivity index (χ1) is 16.4. The van der Waals surface area contributed by atoms with E-state index in [4.69, 9.17) is 0 Å². The van der Waals surface area contributed by atoms with Crippen molar-refractivity contribution in [3.63, 3.8) is 0 Å². The molecule has 182 valence electrons. The molecule has 0 aromatic heterocycles. The molecule has 2 aromatic rings. The van der Waals surface area contributed by atoms with E-state index in [0.29, 0.717) is 43.9 Å². The number of sulfonamides is 1. The summed E-state index contributed by atoms with van der Waals surface area (Å²) in [5.74, 6) is -0.120. The van der Waals surface area contributed by atoms with Gasteiger partial charge in [0.15, 0.2) is 0 Å². The molecule has 5 rings (SSSR count). The van der Waals surface area contributed by atoms with E-state index in [1.54, 1.807) is 12.1 Å². The summed E-state index contributed by atoms with van der Waals surface area (Å²) in [6.45, 7) is 1.79. The van der Waals surface area contributed by atoms with Gasteiger partial charge in [-0.05, 0) is 35.7 Å². The maximum Gasteiger partial charge on any atom is 0.326 e. The third-order valence-corrected chi connectivity index (χ3v) is 9.38. The minimum absolute atomic E-state index is 0.120. The minimum Gasteiger partial charge on any atom is -0.323 e. The zero-order valence-electron chi connectivity index (χ0n) is 19.4. The second-order valence-electron chi connectivity index (χ2n) is 9.69. The van der Waals surface area contributed by atoms with E-state index in [2.05, 4.69) is 5.32 Å². The van der Waals surface area contributed by atoms with Crippen LogP contribution in [0.5, 0.6) is 0 Å². The Morgan fingerprint density at radius 1 is 0.824 bits per heavy atom. The Balaban J connectivity index is 1.23. The Morgan fingerprint density at radius 2 is 1.47 bits per heavy atom. The van der Waals surface area contributed by atoms with Crippen molar-refractivity contribution in [2.75, 3.05) is 32.8 Å². The third-order valence-electron chi connectivity index (χ3n) is 7.48. The van der Waals surface area contributed by atoms with Crippen LogP contribution in [0.25, 0.3) is 10.8 Å². The van der Waals surface area contributed by atoms with Crippen LogP contribution >= 0.6 is 0 Å². The van der Waals surface area contributed by atoms with Crippen LogP contribution in [0.1, 0.15) is 44.9 Å². The summed E-state index contributed by atoms with van der Waals surface area (Å²) in [6, 6.07) is 12.6. The molecule has 2 aliphatic heterocycles. The zero-order valence-corrected chi connectivity index (χ0v) is 20.2. The first-order valence-corrected chi connectivity index (χ1v) is 13.7. The average molecular weight is 485 g/mol. The van der Waals surface area contributed by atoms with Gasteiger partial charge in [-0.25, -0.2) is 18.1 Å². The lowest BCUT2D eigenvalue weighted by molar-refractivity contribution is -0.133. The molecule has 0 atom stereocenters. The maximum atomic E-state index is 13.3. The van der Waals surface area contributed by atoms with Gasteiger partial charge in [-0.2, -0.15) is 4.31 Å². The molecule has 2 heterocycles. The van der Waals surface area contributed by atoms with Gasteiger partial charge < -0.3 is 5.32 Å². The number of rotatable bonds is 4. The molecule has 34 heavy (non-hydrogen) atoms. The third kappa shape index (κ3) is 4.32. The predicted molar refractivity (Wildman–Crippen MR) is 130 cm³/mol. The van der Waals surface area contributed by atoms with Crippen LogP contribution in [0.2, 0.25) is 0 Å². The first kappa shape index (κ1) is 23.3. The summed E-state index contributed by atoms with van der Waals surface area (Å²) in [4.78, 5) is 29.6. The fourth-order valence-corrected chi connectivity index (χ4v) is 6.90. The number of urea groups is 1. The normalized spacial score (nSPS) is 22.6. The Bertz CT molecular complexity index is 1180.